The molecule has 5 nitrogen and oxygen atoms in total. The number of carboxylic acid groups (broad SMARTS) is 1. The zero-order valence-electron chi connectivity index (χ0n) is 17.2. The molecule has 4 rings (SSSR count). The molecule has 2 aromatic carbocycles. The van der Waals surface area contributed by atoms with Gasteiger partial charge in [-0.1, -0.05) is 35.4 Å². The van der Waals surface area contributed by atoms with Gasteiger partial charge < -0.3 is 5.11 Å². The Morgan fingerprint density at radius 3 is 2.25 bits per heavy atom. The third-order valence-corrected chi connectivity index (χ3v) is 5.97. The summed E-state index contributed by atoms with van der Waals surface area (Å²) in [5.41, 5.74) is 2.47. The largest absolute Gasteiger partial charge is 0.481 e. The zero-order chi connectivity index (χ0) is 22.7. The number of aliphatic carboxylic acids is 1. The van der Waals surface area contributed by atoms with Gasteiger partial charge in [-0.2, -0.15) is 13.2 Å². The van der Waals surface area contributed by atoms with Crippen molar-refractivity contribution in [1.82, 2.24) is 10.2 Å². The second-order valence-electron chi connectivity index (χ2n) is 8.12. The monoisotopic (exact) mass is 442 g/mol. The van der Waals surface area contributed by atoms with Crippen molar-refractivity contribution >= 4 is 17.5 Å². The summed E-state index contributed by atoms with van der Waals surface area (Å²) in [6.45, 7) is 0. The minimum absolute atomic E-state index is 0.230. The number of nitrogens with two attached hydrogens (primary N) is 1. The van der Waals surface area contributed by atoms with Crippen LogP contribution in [0.4, 0.5) is 24.7 Å². The van der Waals surface area contributed by atoms with Gasteiger partial charge in [0, 0.05) is 17.7 Å². The van der Waals surface area contributed by atoms with Crippen LogP contribution in [0.3, 0.4) is 0 Å². The van der Waals surface area contributed by atoms with E-state index >= 15 is 0 Å². The highest BCUT2D eigenvalue weighted by molar-refractivity contribution is 5.70. The number of hydrogen-bond donors (Lipinski definition) is 2. The van der Waals surface area contributed by atoms with Crippen LogP contribution < -0.4 is 5.32 Å². The minimum atomic E-state index is -4.39. The lowest BCUT2D eigenvalue weighted by Gasteiger charge is -2.26. The van der Waals surface area contributed by atoms with E-state index in [2.05, 4.69) is 10.2 Å². The number of aromatic nitrogens is 2. The van der Waals surface area contributed by atoms with Crippen LogP contribution in [0.15, 0.2) is 60.7 Å². The minimum Gasteiger partial charge on any atom is -0.481 e. The second-order valence-corrected chi connectivity index (χ2v) is 8.12. The van der Waals surface area contributed by atoms with Crippen LogP contribution in [0.25, 0.3) is 11.3 Å². The number of alkyl halides is 3. The average Bonchev–Trinajstić information content (AvgIpc) is 2.79. The first-order valence-corrected chi connectivity index (χ1v) is 10.5. The second kappa shape index (κ2) is 9.08. The van der Waals surface area contributed by atoms with Crippen molar-refractivity contribution in [2.45, 2.75) is 37.8 Å². The quantitative estimate of drug-likeness (QED) is 0.542. The molecule has 3 aromatic rings. The fourth-order valence-corrected chi connectivity index (χ4v) is 4.15. The summed E-state index contributed by atoms with van der Waals surface area (Å²) >= 11 is 0. The van der Waals surface area contributed by atoms with Gasteiger partial charge in [-0.3, -0.25) is 10.1 Å². The van der Waals surface area contributed by atoms with Crippen LogP contribution in [0.5, 0.6) is 0 Å². The summed E-state index contributed by atoms with van der Waals surface area (Å²) in [5.74, 6) is -0.0896. The van der Waals surface area contributed by atoms with Gasteiger partial charge in [0.25, 0.3) is 0 Å². The van der Waals surface area contributed by atoms with Gasteiger partial charge in [-0.05, 0) is 55.4 Å². The van der Waals surface area contributed by atoms with Crippen molar-refractivity contribution in [2.75, 3.05) is 0 Å². The molecule has 1 fully saturated rings. The summed E-state index contributed by atoms with van der Waals surface area (Å²) in [7, 11) is 0. The molecule has 32 heavy (non-hydrogen) atoms. The Morgan fingerprint density at radius 1 is 0.938 bits per heavy atom. The number of hydrogen-bond acceptors (Lipinski definition) is 3. The van der Waals surface area contributed by atoms with E-state index in [9.17, 15) is 18.0 Å². The SMILES string of the molecule is O=C(O)C1CCC(c2ccc(-c3ccc([NH2+]c4cccc(C(F)(F)F)c4)nn3)cc2)CC1. The third kappa shape index (κ3) is 5.13. The Kier molecular flexibility index (Phi) is 6.23. The van der Waals surface area contributed by atoms with E-state index in [1.807, 2.05) is 24.3 Å². The van der Waals surface area contributed by atoms with Crippen molar-refractivity contribution in [2.24, 2.45) is 5.92 Å². The Balaban J connectivity index is 1.41. The molecule has 1 aliphatic rings. The lowest BCUT2D eigenvalue weighted by atomic mass is 9.78. The molecule has 3 N–H and O–H groups in total. The van der Waals surface area contributed by atoms with Crippen LogP contribution in [-0.2, 0) is 11.0 Å². The summed E-state index contributed by atoms with van der Waals surface area (Å²) in [6, 6.07) is 16.6. The molecule has 1 aliphatic carbocycles. The van der Waals surface area contributed by atoms with Gasteiger partial charge in [0.15, 0.2) is 0 Å². The standard InChI is InChI=1S/C24H22F3N3O2/c25-24(26,27)19-2-1-3-20(14-19)28-22-13-12-21(29-30-22)17-8-4-15(5-9-17)16-6-10-18(11-7-16)23(31)32/h1-5,8-9,12-14,16,18H,6-7,10-11H2,(H,28,30)(H,31,32)/p+1. The maximum absolute atomic E-state index is 12.9. The number of carboxylic acids is 1. The molecule has 0 bridgehead atoms. The van der Waals surface area contributed by atoms with E-state index < -0.39 is 17.7 Å². The lowest BCUT2D eigenvalue weighted by molar-refractivity contribution is -0.483. The maximum Gasteiger partial charge on any atom is 0.416 e. The van der Waals surface area contributed by atoms with Crippen LogP contribution >= 0.6 is 0 Å². The molecule has 8 heteroatoms. The zero-order valence-corrected chi connectivity index (χ0v) is 17.2. The first-order valence-electron chi connectivity index (χ1n) is 10.5. The normalized spacial score (nSPS) is 19.0. The summed E-state index contributed by atoms with van der Waals surface area (Å²) in [6.07, 6.45) is -1.23. The smallest absolute Gasteiger partial charge is 0.416 e. The molecular weight excluding hydrogens is 419 g/mol. The van der Waals surface area contributed by atoms with E-state index in [0.29, 0.717) is 36.0 Å². The van der Waals surface area contributed by atoms with E-state index in [1.165, 1.54) is 11.6 Å². The van der Waals surface area contributed by atoms with E-state index in [1.54, 1.807) is 23.5 Å². The number of nitrogens with zero attached hydrogens (tertiary/aromatic N) is 2. The molecule has 0 spiro atoms. The van der Waals surface area contributed by atoms with Gasteiger partial charge in [0.05, 0.1) is 17.2 Å². The summed E-state index contributed by atoms with van der Waals surface area (Å²) < 4.78 is 38.6. The first kappa shape index (κ1) is 22.0. The van der Waals surface area contributed by atoms with Gasteiger partial charge in [-0.25, -0.2) is 0 Å². The molecule has 0 atom stereocenters. The lowest BCUT2D eigenvalue weighted by Crippen LogP contribution is -2.71. The molecule has 0 aliphatic heterocycles. The molecule has 0 radical (unpaired) electrons. The Labute approximate surface area is 183 Å². The Hall–Kier alpha value is -3.26. The van der Waals surface area contributed by atoms with Crippen molar-refractivity contribution < 1.29 is 28.4 Å². The highest BCUT2D eigenvalue weighted by atomic mass is 19.4. The molecule has 0 unspecified atom stereocenters. The average molecular weight is 442 g/mol. The van der Waals surface area contributed by atoms with Gasteiger partial charge in [0.2, 0.25) is 5.82 Å². The molecular formula is C24H23F3N3O2+. The molecule has 1 heterocycles. The summed E-state index contributed by atoms with van der Waals surface area (Å²) in [4.78, 5) is 11.1. The highest BCUT2D eigenvalue weighted by Crippen LogP contribution is 2.36. The molecule has 0 saturated heterocycles. The van der Waals surface area contributed by atoms with Gasteiger partial charge in [-0.15, -0.1) is 5.10 Å². The number of quaternary nitrogens is 1. The summed E-state index contributed by atoms with van der Waals surface area (Å²) in [5, 5.41) is 19.1. The van der Waals surface area contributed by atoms with Crippen molar-refractivity contribution in [3.8, 4) is 11.3 Å². The number of benzene rings is 2. The van der Waals surface area contributed by atoms with Crippen LogP contribution in [0.2, 0.25) is 0 Å². The number of carbonyl (C=O) groups is 1. The van der Waals surface area contributed by atoms with Crippen molar-refractivity contribution in [3.63, 3.8) is 0 Å². The maximum atomic E-state index is 12.9. The van der Waals surface area contributed by atoms with E-state index in [-0.39, 0.29) is 5.92 Å². The predicted molar refractivity (Wildman–Crippen MR) is 112 cm³/mol. The van der Waals surface area contributed by atoms with Crippen molar-refractivity contribution in [3.05, 3.63) is 71.8 Å². The highest BCUT2D eigenvalue weighted by Gasteiger charge is 2.31. The molecule has 1 saturated carbocycles. The molecule has 166 valence electrons. The van der Waals surface area contributed by atoms with E-state index in [4.69, 9.17) is 5.11 Å². The predicted octanol–water partition coefficient (Wildman–Crippen LogP) is 5.05. The third-order valence-electron chi connectivity index (χ3n) is 5.97. The molecule has 0 amide bonds. The fraction of sp³-hybridized carbons (Fsp3) is 0.292. The van der Waals surface area contributed by atoms with Crippen molar-refractivity contribution in [1.29, 1.82) is 0 Å². The van der Waals surface area contributed by atoms with Crippen LogP contribution in [0, 0.1) is 5.92 Å². The number of rotatable bonds is 5. The Bertz CT molecular complexity index is 1070. The fourth-order valence-electron chi connectivity index (χ4n) is 4.15. The van der Waals surface area contributed by atoms with Gasteiger partial charge >= 0.3 is 12.1 Å². The Morgan fingerprint density at radius 2 is 1.66 bits per heavy atom. The first-order chi connectivity index (χ1) is 15.3. The molecule has 1 aromatic heterocycles. The van der Waals surface area contributed by atoms with Crippen LogP contribution in [-0.4, -0.2) is 21.3 Å². The topological polar surface area (TPSA) is 79.7 Å². The van der Waals surface area contributed by atoms with Crippen LogP contribution in [0.1, 0.15) is 42.7 Å². The van der Waals surface area contributed by atoms with Gasteiger partial charge in [0.1, 0.15) is 5.69 Å². The number of halogens is 3. The van der Waals surface area contributed by atoms with E-state index in [0.717, 1.165) is 30.5 Å².